The number of aliphatic imine (C=N–C) groups is 1. The van der Waals surface area contributed by atoms with Crippen molar-refractivity contribution in [2.24, 2.45) is 4.99 Å². The molecule has 0 aromatic heterocycles. The van der Waals surface area contributed by atoms with Crippen molar-refractivity contribution < 1.29 is 9.90 Å². The van der Waals surface area contributed by atoms with Crippen molar-refractivity contribution in [1.29, 1.82) is 0 Å². The van der Waals surface area contributed by atoms with E-state index in [9.17, 15) is 9.90 Å². The SMILES string of the molecule is O=C1CN=C(c2cccc(O)c2)c2ccc3ccccc3c2C1. The number of phenolic OH excluding ortho intramolecular Hbond substituents is 1. The van der Waals surface area contributed by atoms with Gasteiger partial charge in [0.15, 0.2) is 5.78 Å². The van der Waals surface area contributed by atoms with E-state index in [1.165, 1.54) is 0 Å². The molecular weight excluding hydrogens is 286 g/mol. The standard InChI is InChI=1S/C20H15NO2/c22-15-6-3-5-14(10-15)20-18-9-8-13-4-1-2-7-17(13)19(18)11-16(23)12-21-20/h1-10,22H,11-12H2. The van der Waals surface area contributed by atoms with Gasteiger partial charge in [-0.15, -0.1) is 0 Å². The van der Waals surface area contributed by atoms with Crippen LogP contribution < -0.4 is 0 Å². The highest BCUT2D eigenvalue weighted by Gasteiger charge is 2.20. The summed E-state index contributed by atoms with van der Waals surface area (Å²) in [6.45, 7) is 0.175. The fraction of sp³-hybridized carbons (Fsp3) is 0.100. The summed E-state index contributed by atoms with van der Waals surface area (Å²) >= 11 is 0. The normalized spacial score (nSPS) is 14.3. The Hall–Kier alpha value is -2.94. The van der Waals surface area contributed by atoms with Gasteiger partial charge in [0.25, 0.3) is 0 Å². The molecule has 3 aromatic carbocycles. The van der Waals surface area contributed by atoms with Crippen LogP contribution in [0.2, 0.25) is 0 Å². The lowest BCUT2D eigenvalue weighted by Crippen LogP contribution is -2.06. The molecule has 1 aliphatic heterocycles. The molecule has 3 nitrogen and oxygen atoms in total. The molecule has 0 bridgehead atoms. The van der Waals surface area contributed by atoms with E-state index >= 15 is 0 Å². The highest BCUT2D eigenvalue weighted by molar-refractivity contribution is 6.17. The number of hydrogen-bond donors (Lipinski definition) is 1. The van der Waals surface area contributed by atoms with Gasteiger partial charge in [0.2, 0.25) is 0 Å². The van der Waals surface area contributed by atoms with Crippen LogP contribution in [0.5, 0.6) is 5.75 Å². The third-order valence-electron chi connectivity index (χ3n) is 4.20. The predicted octanol–water partition coefficient (Wildman–Crippen LogP) is 3.51. The molecule has 4 rings (SSSR count). The summed E-state index contributed by atoms with van der Waals surface area (Å²) < 4.78 is 0. The van der Waals surface area contributed by atoms with Crippen LogP contribution in [0, 0.1) is 0 Å². The zero-order valence-corrected chi connectivity index (χ0v) is 12.5. The van der Waals surface area contributed by atoms with Gasteiger partial charge in [-0.05, 0) is 28.5 Å². The Morgan fingerprint density at radius 3 is 2.70 bits per heavy atom. The lowest BCUT2D eigenvalue weighted by molar-refractivity contribution is -0.117. The molecule has 0 radical (unpaired) electrons. The molecule has 0 fully saturated rings. The van der Waals surface area contributed by atoms with Gasteiger partial charge in [-0.25, -0.2) is 0 Å². The van der Waals surface area contributed by atoms with E-state index in [0.717, 1.165) is 33.2 Å². The summed E-state index contributed by atoms with van der Waals surface area (Å²) in [4.78, 5) is 16.7. The minimum atomic E-state index is 0.109. The average Bonchev–Trinajstić information content (AvgIpc) is 2.73. The number of carbonyl (C=O) groups is 1. The fourth-order valence-corrected chi connectivity index (χ4v) is 3.15. The molecule has 1 heterocycles. The number of rotatable bonds is 1. The first kappa shape index (κ1) is 13.7. The molecule has 0 unspecified atom stereocenters. The monoisotopic (exact) mass is 301 g/mol. The Morgan fingerprint density at radius 2 is 1.83 bits per heavy atom. The first-order valence-electron chi connectivity index (χ1n) is 7.59. The number of Topliss-reactive ketones (excluding diaryl/α,β-unsaturated/α-hetero) is 1. The Labute approximate surface area is 133 Å². The van der Waals surface area contributed by atoms with Crippen LogP contribution in [-0.2, 0) is 11.2 Å². The number of carbonyl (C=O) groups excluding carboxylic acids is 1. The molecule has 0 amide bonds. The Bertz CT molecular complexity index is 957. The Balaban J connectivity index is 2.00. The second-order valence-corrected chi connectivity index (χ2v) is 5.74. The van der Waals surface area contributed by atoms with E-state index in [0.29, 0.717) is 6.42 Å². The van der Waals surface area contributed by atoms with Crippen molar-refractivity contribution in [3.05, 3.63) is 77.4 Å². The summed E-state index contributed by atoms with van der Waals surface area (Å²) in [6.07, 6.45) is 0.391. The number of hydrogen-bond acceptors (Lipinski definition) is 3. The van der Waals surface area contributed by atoms with Gasteiger partial charge in [-0.2, -0.15) is 0 Å². The number of ketones is 1. The first-order valence-corrected chi connectivity index (χ1v) is 7.59. The number of nitrogens with zero attached hydrogens (tertiary/aromatic N) is 1. The molecule has 23 heavy (non-hydrogen) atoms. The average molecular weight is 301 g/mol. The van der Waals surface area contributed by atoms with Crippen LogP contribution in [-0.4, -0.2) is 23.1 Å². The smallest absolute Gasteiger partial charge is 0.158 e. The molecular formula is C20H15NO2. The molecule has 0 saturated heterocycles. The van der Waals surface area contributed by atoms with Crippen molar-refractivity contribution in [3.8, 4) is 5.75 Å². The maximum absolute atomic E-state index is 12.2. The zero-order valence-electron chi connectivity index (χ0n) is 12.5. The third-order valence-corrected chi connectivity index (χ3v) is 4.20. The van der Waals surface area contributed by atoms with Gasteiger partial charge < -0.3 is 5.11 Å². The van der Waals surface area contributed by atoms with Gasteiger partial charge in [0.1, 0.15) is 5.75 Å². The molecule has 0 saturated carbocycles. The molecule has 3 aromatic rings. The molecule has 3 heteroatoms. The van der Waals surface area contributed by atoms with Gasteiger partial charge in [0.05, 0.1) is 12.3 Å². The second kappa shape index (κ2) is 5.36. The highest BCUT2D eigenvalue weighted by atomic mass is 16.3. The van der Waals surface area contributed by atoms with E-state index in [1.54, 1.807) is 18.2 Å². The minimum Gasteiger partial charge on any atom is -0.508 e. The molecule has 0 spiro atoms. The second-order valence-electron chi connectivity index (χ2n) is 5.74. The molecule has 1 aliphatic rings. The summed E-state index contributed by atoms with van der Waals surface area (Å²) in [5.41, 5.74) is 3.59. The summed E-state index contributed by atoms with van der Waals surface area (Å²) in [5.74, 6) is 0.306. The van der Waals surface area contributed by atoms with Crippen molar-refractivity contribution in [2.45, 2.75) is 6.42 Å². The van der Waals surface area contributed by atoms with E-state index in [-0.39, 0.29) is 18.1 Å². The van der Waals surface area contributed by atoms with Crippen LogP contribution in [0.1, 0.15) is 16.7 Å². The number of aromatic hydroxyl groups is 1. The number of phenols is 1. The topological polar surface area (TPSA) is 49.7 Å². The summed E-state index contributed by atoms with van der Waals surface area (Å²) in [5, 5.41) is 12.0. The van der Waals surface area contributed by atoms with Gasteiger partial charge >= 0.3 is 0 Å². The van der Waals surface area contributed by atoms with Gasteiger partial charge in [-0.3, -0.25) is 9.79 Å². The van der Waals surface area contributed by atoms with Crippen LogP contribution in [0.15, 0.2) is 65.7 Å². The zero-order chi connectivity index (χ0) is 15.8. The fourth-order valence-electron chi connectivity index (χ4n) is 3.15. The van der Waals surface area contributed by atoms with Crippen LogP contribution in [0.3, 0.4) is 0 Å². The Morgan fingerprint density at radius 1 is 0.957 bits per heavy atom. The lowest BCUT2D eigenvalue weighted by Gasteiger charge is -2.12. The molecule has 0 aliphatic carbocycles. The van der Waals surface area contributed by atoms with E-state index in [4.69, 9.17) is 0 Å². The van der Waals surface area contributed by atoms with E-state index < -0.39 is 0 Å². The van der Waals surface area contributed by atoms with Gasteiger partial charge in [0, 0.05) is 17.5 Å². The quantitative estimate of drug-likeness (QED) is 0.748. The summed E-state index contributed by atoms with van der Waals surface area (Å²) in [7, 11) is 0. The number of benzene rings is 3. The van der Waals surface area contributed by atoms with Crippen molar-refractivity contribution >= 4 is 22.3 Å². The Kier molecular flexibility index (Phi) is 3.19. The molecule has 0 atom stereocenters. The van der Waals surface area contributed by atoms with Crippen LogP contribution >= 0.6 is 0 Å². The molecule has 1 N–H and O–H groups in total. The first-order chi connectivity index (χ1) is 11.2. The van der Waals surface area contributed by atoms with Crippen molar-refractivity contribution in [2.75, 3.05) is 6.54 Å². The maximum Gasteiger partial charge on any atom is 0.158 e. The lowest BCUT2D eigenvalue weighted by atomic mass is 9.91. The van der Waals surface area contributed by atoms with E-state index in [1.807, 2.05) is 30.3 Å². The van der Waals surface area contributed by atoms with Crippen molar-refractivity contribution in [3.63, 3.8) is 0 Å². The third kappa shape index (κ3) is 2.40. The van der Waals surface area contributed by atoms with Crippen molar-refractivity contribution in [1.82, 2.24) is 0 Å². The highest BCUT2D eigenvalue weighted by Crippen LogP contribution is 2.28. The molecule has 112 valence electrons. The van der Waals surface area contributed by atoms with Crippen LogP contribution in [0.4, 0.5) is 0 Å². The predicted molar refractivity (Wildman–Crippen MR) is 91.3 cm³/mol. The largest absolute Gasteiger partial charge is 0.508 e. The van der Waals surface area contributed by atoms with E-state index in [2.05, 4.69) is 17.1 Å². The van der Waals surface area contributed by atoms with Crippen LogP contribution in [0.25, 0.3) is 10.8 Å². The minimum absolute atomic E-state index is 0.109. The maximum atomic E-state index is 12.2. The number of fused-ring (bicyclic) bond motifs is 3. The van der Waals surface area contributed by atoms with Gasteiger partial charge in [-0.1, -0.05) is 48.5 Å². The summed E-state index contributed by atoms with van der Waals surface area (Å²) in [6, 6.07) is 19.2.